The van der Waals surface area contributed by atoms with Crippen molar-refractivity contribution < 1.29 is 4.74 Å². The Balaban J connectivity index is 1.46. The number of hydrogen-bond acceptors (Lipinski definition) is 3. The van der Waals surface area contributed by atoms with Crippen molar-refractivity contribution in [2.45, 2.75) is 13.0 Å². The van der Waals surface area contributed by atoms with Gasteiger partial charge in [0.1, 0.15) is 17.7 Å². The molecule has 0 heterocycles. The van der Waals surface area contributed by atoms with Gasteiger partial charge in [-0.1, -0.05) is 60.7 Å². The maximum absolute atomic E-state index is 8.03. The normalized spacial score (nSPS) is 11.4. The monoisotopic (exact) mass is 359 g/mol. The van der Waals surface area contributed by atoms with Crippen molar-refractivity contribution in [3.63, 3.8) is 0 Å². The minimum atomic E-state index is -0.0481. The number of amidine groups is 1. The third-order valence-electron chi connectivity index (χ3n) is 4.12. The molecule has 3 aromatic carbocycles. The molecule has 0 aliphatic heterocycles. The molecule has 3 rings (SSSR count). The summed E-state index contributed by atoms with van der Waals surface area (Å²) >= 11 is 0. The van der Waals surface area contributed by atoms with E-state index in [2.05, 4.69) is 28.8 Å². The molecular formula is C23H25N3O. The van der Waals surface area contributed by atoms with Crippen molar-refractivity contribution in [2.24, 2.45) is 0 Å². The van der Waals surface area contributed by atoms with E-state index in [4.69, 9.17) is 10.1 Å². The van der Waals surface area contributed by atoms with Crippen molar-refractivity contribution in [1.29, 1.82) is 5.41 Å². The number of hydrogen-bond donors (Lipinski definition) is 3. The summed E-state index contributed by atoms with van der Waals surface area (Å²) in [5.74, 6) is 1.27. The van der Waals surface area contributed by atoms with Gasteiger partial charge in [0.05, 0.1) is 13.1 Å². The van der Waals surface area contributed by atoms with E-state index in [1.807, 2.05) is 73.7 Å². The molecule has 0 aliphatic carbocycles. The summed E-state index contributed by atoms with van der Waals surface area (Å²) in [5, 5.41) is 14.4. The lowest BCUT2D eigenvalue weighted by Crippen LogP contribution is -2.36. The molecule has 0 bridgehead atoms. The van der Waals surface area contributed by atoms with Crippen LogP contribution in [-0.4, -0.2) is 25.0 Å². The predicted octanol–water partition coefficient (Wildman–Crippen LogP) is 4.80. The van der Waals surface area contributed by atoms with Gasteiger partial charge in [-0.2, -0.15) is 0 Å². The molecule has 0 radical (unpaired) electrons. The fourth-order valence-corrected chi connectivity index (χ4v) is 2.73. The molecule has 0 aliphatic rings. The van der Waals surface area contributed by atoms with Crippen LogP contribution in [0.4, 0.5) is 5.69 Å². The molecule has 138 valence electrons. The van der Waals surface area contributed by atoms with Gasteiger partial charge in [-0.3, -0.25) is 5.41 Å². The first-order valence-corrected chi connectivity index (χ1v) is 9.13. The van der Waals surface area contributed by atoms with Crippen LogP contribution < -0.4 is 15.4 Å². The average molecular weight is 359 g/mol. The molecule has 0 aromatic heterocycles. The van der Waals surface area contributed by atoms with E-state index in [0.29, 0.717) is 18.9 Å². The number of rotatable bonds is 8. The Morgan fingerprint density at radius 3 is 2.30 bits per heavy atom. The van der Waals surface area contributed by atoms with Crippen molar-refractivity contribution in [3.8, 4) is 16.9 Å². The van der Waals surface area contributed by atoms with Crippen molar-refractivity contribution >= 4 is 11.5 Å². The molecule has 4 heteroatoms. The maximum atomic E-state index is 8.03. The number of anilines is 1. The second kappa shape index (κ2) is 9.43. The Morgan fingerprint density at radius 2 is 1.56 bits per heavy atom. The Labute approximate surface area is 160 Å². The lowest BCUT2D eigenvalue weighted by Gasteiger charge is -2.17. The van der Waals surface area contributed by atoms with Gasteiger partial charge < -0.3 is 15.4 Å². The smallest absolute Gasteiger partial charge is 0.120 e. The topological polar surface area (TPSA) is 57.1 Å². The summed E-state index contributed by atoms with van der Waals surface area (Å²) in [6.45, 7) is 3.03. The van der Waals surface area contributed by atoms with E-state index in [0.717, 1.165) is 17.0 Å². The third kappa shape index (κ3) is 5.89. The van der Waals surface area contributed by atoms with E-state index in [9.17, 15) is 0 Å². The molecular weight excluding hydrogens is 334 g/mol. The Hall–Kier alpha value is -3.27. The summed E-state index contributed by atoms with van der Waals surface area (Å²) in [6.07, 6.45) is -0.0481. The molecule has 0 amide bonds. The predicted molar refractivity (Wildman–Crippen MR) is 113 cm³/mol. The molecule has 3 aromatic rings. The third-order valence-corrected chi connectivity index (χ3v) is 4.12. The first-order valence-electron chi connectivity index (χ1n) is 9.13. The van der Waals surface area contributed by atoms with Gasteiger partial charge in [0.25, 0.3) is 0 Å². The number of ether oxygens (including phenoxy) is 1. The van der Waals surface area contributed by atoms with E-state index < -0.39 is 0 Å². The Morgan fingerprint density at radius 1 is 0.889 bits per heavy atom. The van der Waals surface area contributed by atoms with Crippen LogP contribution in [0.15, 0.2) is 84.9 Å². The maximum Gasteiger partial charge on any atom is 0.120 e. The summed E-state index contributed by atoms with van der Waals surface area (Å²) in [5.41, 5.74) is 3.31. The van der Waals surface area contributed by atoms with Crippen LogP contribution in [0.25, 0.3) is 11.1 Å². The van der Waals surface area contributed by atoms with Crippen LogP contribution in [-0.2, 0) is 0 Å². The largest absolute Gasteiger partial charge is 0.489 e. The van der Waals surface area contributed by atoms with Crippen LogP contribution in [0.2, 0.25) is 0 Å². The van der Waals surface area contributed by atoms with Gasteiger partial charge >= 0.3 is 0 Å². The molecule has 1 unspecified atom stereocenters. The van der Waals surface area contributed by atoms with Gasteiger partial charge in [0.2, 0.25) is 0 Å². The highest BCUT2D eigenvalue weighted by Crippen LogP contribution is 2.24. The zero-order valence-corrected chi connectivity index (χ0v) is 15.5. The minimum absolute atomic E-state index is 0.0481. The SMILES string of the molecule is CC(CNC(=N)CNc1ccccc1)Oc1cccc(-c2ccccc2)c1. The second-order valence-corrected chi connectivity index (χ2v) is 6.40. The van der Waals surface area contributed by atoms with E-state index >= 15 is 0 Å². The molecule has 3 N–H and O–H groups in total. The molecule has 0 saturated carbocycles. The van der Waals surface area contributed by atoms with Crippen LogP contribution in [0, 0.1) is 5.41 Å². The second-order valence-electron chi connectivity index (χ2n) is 6.40. The van der Waals surface area contributed by atoms with Gasteiger partial charge in [-0.25, -0.2) is 0 Å². The summed E-state index contributed by atoms with van der Waals surface area (Å²) in [6, 6.07) is 28.2. The summed E-state index contributed by atoms with van der Waals surface area (Å²) in [4.78, 5) is 0. The highest BCUT2D eigenvalue weighted by Gasteiger charge is 2.07. The number of nitrogens with one attached hydrogen (secondary N) is 3. The molecule has 4 nitrogen and oxygen atoms in total. The molecule has 0 fully saturated rings. The quantitative estimate of drug-likeness (QED) is 0.400. The lowest BCUT2D eigenvalue weighted by atomic mass is 10.1. The first-order chi connectivity index (χ1) is 13.2. The van der Waals surface area contributed by atoms with Gasteiger partial charge in [-0.05, 0) is 42.3 Å². The molecule has 0 saturated heterocycles. The molecule has 27 heavy (non-hydrogen) atoms. The van der Waals surface area contributed by atoms with Crippen LogP contribution in [0.5, 0.6) is 5.75 Å². The van der Waals surface area contributed by atoms with Gasteiger partial charge in [0.15, 0.2) is 0 Å². The minimum Gasteiger partial charge on any atom is -0.489 e. The number of para-hydroxylation sites is 1. The standard InChI is InChI=1S/C23H25N3O/c1-18(16-26-23(24)17-25-21-12-6-3-7-13-21)27-22-14-8-11-20(15-22)19-9-4-2-5-10-19/h2-15,18,25H,16-17H2,1H3,(H2,24,26). The van der Waals surface area contributed by atoms with Crippen LogP contribution in [0.1, 0.15) is 6.92 Å². The van der Waals surface area contributed by atoms with Crippen molar-refractivity contribution in [1.82, 2.24) is 5.32 Å². The van der Waals surface area contributed by atoms with Gasteiger partial charge in [0, 0.05) is 5.69 Å². The zero-order chi connectivity index (χ0) is 18.9. The van der Waals surface area contributed by atoms with Crippen molar-refractivity contribution in [3.05, 3.63) is 84.9 Å². The fourth-order valence-electron chi connectivity index (χ4n) is 2.73. The van der Waals surface area contributed by atoms with Gasteiger partial charge in [-0.15, -0.1) is 0 Å². The first kappa shape index (κ1) is 18.5. The Bertz CT molecular complexity index is 850. The highest BCUT2D eigenvalue weighted by molar-refractivity contribution is 5.83. The fraction of sp³-hybridized carbons (Fsp3) is 0.174. The van der Waals surface area contributed by atoms with Crippen LogP contribution >= 0.6 is 0 Å². The van der Waals surface area contributed by atoms with E-state index in [1.54, 1.807) is 0 Å². The molecule has 0 spiro atoms. The van der Waals surface area contributed by atoms with E-state index in [-0.39, 0.29) is 6.10 Å². The zero-order valence-electron chi connectivity index (χ0n) is 15.5. The van der Waals surface area contributed by atoms with Crippen LogP contribution in [0.3, 0.4) is 0 Å². The molecule has 1 atom stereocenters. The number of benzene rings is 3. The van der Waals surface area contributed by atoms with E-state index in [1.165, 1.54) is 5.56 Å². The average Bonchev–Trinajstić information content (AvgIpc) is 2.72. The Kier molecular flexibility index (Phi) is 6.47. The van der Waals surface area contributed by atoms with Crippen molar-refractivity contribution in [2.75, 3.05) is 18.4 Å². The lowest BCUT2D eigenvalue weighted by molar-refractivity contribution is 0.224. The highest BCUT2D eigenvalue weighted by atomic mass is 16.5. The summed E-state index contributed by atoms with van der Waals surface area (Å²) in [7, 11) is 0. The summed E-state index contributed by atoms with van der Waals surface area (Å²) < 4.78 is 6.01.